The van der Waals surface area contributed by atoms with Crippen LogP contribution in [0.5, 0.6) is 0 Å². The van der Waals surface area contributed by atoms with Gasteiger partial charge in [-0.1, -0.05) is 32.9 Å². The van der Waals surface area contributed by atoms with Crippen LogP contribution in [0.4, 0.5) is 15.3 Å². The van der Waals surface area contributed by atoms with Gasteiger partial charge < -0.3 is 43.9 Å². The second-order valence-electron chi connectivity index (χ2n) is 24.2. The van der Waals surface area contributed by atoms with Crippen molar-refractivity contribution in [3.8, 4) is 11.3 Å². The van der Waals surface area contributed by atoms with Crippen molar-refractivity contribution in [1.82, 2.24) is 64.6 Å². The Kier molecular flexibility index (Phi) is 16.8. The first-order valence-corrected chi connectivity index (χ1v) is 29.2. The largest absolute Gasteiger partial charge is 0.464 e. The zero-order valence-corrected chi connectivity index (χ0v) is 48.7. The number of urea groups is 1. The van der Waals surface area contributed by atoms with Crippen LogP contribution in [0.25, 0.3) is 27.7 Å². The Hall–Kier alpha value is -6.42. The minimum atomic E-state index is -1.02. The predicted molar refractivity (Wildman–Crippen MR) is 306 cm³/mol. The number of carbonyl (C=O) groups excluding carboxylic acids is 5. The summed E-state index contributed by atoms with van der Waals surface area (Å²) in [5.74, 6) is -0.355. The van der Waals surface area contributed by atoms with E-state index in [4.69, 9.17) is 14.5 Å². The molecule has 21 nitrogen and oxygen atoms in total. The monoisotopic (exact) mass is 1100 g/mol. The van der Waals surface area contributed by atoms with Gasteiger partial charge in [0.15, 0.2) is 0 Å². The van der Waals surface area contributed by atoms with E-state index in [0.717, 1.165) is 95.7 Å². The van der Waals surface area contributed by atoms with Crippen molar-refractivity contribution in [1.29, 1.82) is 0 Å². The summed E-state index contributed by atoms with van der Waals surface area (Å²) in [6.45, 7) is 21.2. The van der Waals surface area contributed by atoms with Crippen molar-refractivity contribution in [3.05, 3.63) is 65.5 Å². The van der Waals surface area contributed by atoms with Gasteiger partial charge in [0.2, 0.25) is 5.91 Å². The van der Waals surface area contributed by atoms with Crippen molar-refractivity contribution in [3.63, 3.8) is 0 Å². The number of esters is 1. The molecule has 1 aliphatic carbocycles. The molecule has 21 heteroatoms. The molecular weight excluding hydrogens is 1020 g/mol. The molecule has 1 aromatic carbocycles. The highest BCUT2D eigenvalue weighted by atomic mass is 16.5. The third kappa shape index (κ3) is 11.6. The number of piperazine rings is 1. The Balaban J connectivity index is 0.933. The number of hydrogen-bond acceptors (Lipinski definition) is 14. The average molecular weight is 1100 g/mol. The first kappa shape index (κ1) is 56.8. The minimum absolute atomic E-state index is 0.136. The number of benzene rings is 1. The maximum Gasteiger partial charge on any atom is 0.331 e. The SMILES string of the molecule is CC[C@@H](C(=O)N[C@H]1CN2CCC=C(C2)c2ccc3c(c2)c(c(-c2cc(N4CCN(C)CC4)cnc2[C@H](C)OC)n3CC)CC(C)(C)COC(=O)[C@@H]2CCCN(N2)C1=O)N(C)C(=O)N1CC(N(C(=O)n2cnnc2C2CC2)C(C)C)C1. The van der Waals surface area contributed by atoms with Crippen molar-refractivity contribution in [2.45, 2.75) is 142 Å². The number of methoxy groups -OCH3 is 1. The molecular formula is C59H84N14O7. The van der Waals surface area contributed by atoms with Gasteiger partial charge in [0, 0.05) is 120 Å². The fourth-order valence-corrected chi connectivity index (χ4v) is 12.6. The molecule has 3 aromatic heterocycles. The molecule has 80 heavy (non-hydrogen) atoms. The van der Waals surface area contributed by atoms with Crippen LogP contribution in [0.2, 0.25) is 0 Å². The van der Waals surface area contributed by atoms with Gasteiger partial charge in [-0.3, -0.25) is 29.3 Å². The third-order valence-corrected chi connectivity index (χ3v) is 17.4. The number of aromatic nitrogens is 5. The molecule has 0 spiro atoms. The molecule has 1 saturated carbocycles. The van der Waals surface area contributed by atoms with Gasteiger partial charge in [-0.25, -0.2) is 19.6 Å². The maximum absolute atomic E-state index is 14.9. The number of nitrogens with one attached hydrogen (secondary N) is 2. The number of hydrazine groups is 1. The lowest BCUT2D eigenvalue weighted by atomic mass is 9.84. The molecule has 8 heterocycles. The first-order valence-electron chi connectivity index (χ1n) is 29.2. The van der Waals surface area contributed by atoms with Crippen LogP contribution >= 0.6 is 0 Å². The topological polar surface area (TPSA) is 199 Å². The van der Waals surface area contributed by atoms with E-state index in [2.05, 4.69) is 98.4 Å². The number of ether oxygens (including phenoxy) is 2. The Morgan fingerprint density at radius 1 is 0.975 bits per heavy atom. The Bertz CT molecular complexity index is 2990. The molecule has 2 N–H and O–H groups in total. The normalized spacial score (nSPS) is 23.0. The Labute approximate surface area is 470 Å². The molecule has 6 aliphatic rings. The van der Waals surface area contributed by atoms with E-state index in [1.165, 1.54) is 20.8 Å². The number of nitrogens with zero attached hydrogens (tertiary/aromatic N) is 12. The van der Waals surface area contributed by atoms with Gasteiger partial charge in [-0.15, -0.1) is 10.2 Å². The molecule has 4 fully saturated rings. The van der Waals surface area contributed by atoms with Gasteiger partial charge in [-0.2, -0.15) is 0 Å². The summed E-state index contributed by atoms with van der Waals surface area (Å²) in [4.78, 5) is 88.9. The smallest absolute Gasteiger partial charge is 0.331 e. The highest BCUT2D eigenvalue weighted by Gasteiger charge is 2.44. The van der Waals surface area contributed by atoms with Crippen molar-refractivity contribution >= 4 is 52.0 Å². The lowest BCUT2D eigenvalue weighted by Gasteiger charge is -2.48. The Morgan fingerprint density at radius 3 is 2.44 bits per heavy atom. The van der Waals surface area contributed by atoms with E-state index in [1.54, 1.807) is 24.0 Å². The van der Waals surface area contributed by atoms with E-state index >= 15 is 0 Å². The van der Waals surface area contributed by atoms with Crippen LogP contribution in [-0.2, 0) is 36.8 Å². The number of rotatable bonds is 12. The lowest BCUT2D eigenvalue weighted by Crippen LogP contribution is -2.67. The Morgan fingerprint density at radius 2 is 1.74 bits per heavy atom. The van der Waals surface area contributed by atoms with Crippen molar-refractivity contribution < 1.29 is 33.4 Å². The quantitative estimate of drug-likeness (QED) is 0.163. The number of aryl methyl sites for hydroxylation is 1. The number of cyclic esters (lactones) is 1. The molecule has 6 bridgehead atoms. The number of pyridine rings is 1. The van der Waals surface area contributed by atoms with Crippen LogP contribution in [0.1, 0.15) is 122 Å². The average Bonchev–Trinajstić information content (AvgIpc) is 4.18. The summed E-state index contributed by atoms with van der Waals surface area (Å²) in [5.41, 5.74) is 11.2. The maximum atomic E-state index is 14.9. The second kappa shape index (κ2) is 23.6. The van der Waals surface area contributed by atoms with Gasteiger partial charge in [0.25, 0.3) is 5.91 Å². The van der Waals surface area contributed by atoms with Crippen LogP contribution in [0.15, 0.2) is 42.9 Å². The summed E-state index contributed by atoms with van der Waals surface area (Å²) in [6, 6.07) is 5.40. The summed E-state index contributed by atoms with van der Waals surface area (Å²) >= 11 is 0. The highest BCUT2D eigenvalue weighted by Crippen LogP contribution is 2.43. The molecule has 10 rings (SSSR count). The summed E-state index contributed by atoms with van der Waals surface area (Å²) < 4.78 is 16.2. The highest BCUT2D eigenvalue weighted by molar-refractivity contribution is 5.96. The molecule has 5 aliphatic heterocycles. The molecule has 4 aromatic rings. The number of anilines is 1. The van der Waals surface area contributed by atoms with E-state index < -0.39 is 35.4 Å². The van der Waals surface area contributed by atoms with Crippen molar-refractivity contribution in [2.24, 2.45) is 5.41 Å². The number of amides is 5. The summed E-state index contributed by atoms with van der Waals surface area (Å²) in [5, 5.41) is 14.0. The fraction of sp³-hybridized carbons (Fsp3) is 0.627. The predicted octanol–water partition coefficient (Wildman–Crippen LogP) is 5.74. The lowest BCUT2D eigenvalue weighted by molar-refractivity contribution is -0.155. The van der Waals surface area contributed by atoms with E-state index in [-0.39, 0.29) is 55.2 Å². The van der Waals surface area contributed by atoms with Crippen LogP contribution in [0, 0.1) is 5.41 Å². The number of carbonyl (C=O) groups is 5. The van der Waals surface area contributed by atoms with Gasteiger partial charge in [0.1, 0.15) is 30.3 Å². The van der Waals surface area contributed by atoms with Crippen LogP contribution in [-0.4, -0.2) is 207 Å². The molecule has 1 unspecified atom stereocenters. The number of likely N-dealkylation sites (N-methyl/N-ethyl adjacent to an activating group) is 2. The number of hydrogen-bond donors (Lipinski definition) is 2. The molecule has 3 saturated heterocycles. The van der Waals surface area contributed by atoms with Crippen LogP contribution < -0.4 is 15.6 Å². The third-order valence-electron chi connectivity index (χ3n) is 17.4. The molecule has 5 atom stereocenters. The van der Waals surface area contributed by atoms with E-state index in [9.17, 15) is 24.0 Å². The fourth-order valence-electron chi connectivity index (χ4n) is 12.6. The number of fused-ring (bicyclic) bond motifs is 6. The summed E-state index contributed by atoms with van der Waals surface area (Å²) in [7, 11) is 5.51. The standard InChI is InChI=1S/C59H84N14O7/c1-11-49(66(9)57(77)69-32-43(33-69)73(37(3)4)58(78)71-36-61-63-53(71)39-17-18-39)54(74)62-48-34-67-21-13-15-41(31-67)40-19-20-50-44(27-40)46(29-59(6,7)35-80-56(76)47-16-14-22-72(64-47)55(48)75)52(70(50)12-2)45-28-42(30-60-51(45)38(5)79-10)68-25-23-65(8)24-26-68/h15,19-20,27-28,30,36-39,43,47-49,64H,11-14,16-18,21-26,29,31-35H2,1-10H3,(H,62,74)/t38-,47-,48-,49-/m0/s1. The van der Waals surface area contributed by atoms with Gasteiger partial charge >= 0.3 is 18.0 Å². The minimum Gasteiger partial charge on any atom is -0.464 e. The number of likely N-dealkylation sites (tertiary alicyclic amines) is 1. The first-order chi connectivity index (χ1) is 38.4. The van der Waals surface area contributed by atoms with Gasteiger partial charge in [-0.05, 0) is 115 Å². The van der Waals surface area contributed by atoms with Gasteiger partial charge in [0.05, 0.1) is 42.0 Å². The zero-order chi connectivity index (χ0) is 56.7. The van der Waals surface area contributed by atoms with Crippen LogP contribution in [0.3, 0.4) is 0 Å². The summed E-state index contributed by atoms with van der Waals surface area (Å²) in [6.07, 6.45) is 10.1. The zero-order valence-electron chi connectivity index (χ0n) is 48.7. The van der Waals surface area contributed by atoms with Crippen molar-refractivity contribution in [2.75, 3.05) is 98.2 Å². The molecule has 5 amide bonds. The molecule has 432 valence electrons. The van der Waals surface area contributed by atoms with E-state index in [0.29, 0.717) is 70.8 Å². The van der Waals surface area contributed by atoms with E-state index in [1.807, 2.05) is 33.9 Å². The molecule has 0 radical (unpaired) electrons. The second-order valence-corrected chi connectivity index (χ2v) is 24.2.